The zero-order chi connectivity index (χ0) is 24.7. The molecule has 0 atom stereocenters. The normalized spacial score (nSPS) is 15.1. The minimum absolute atomic E-state index is 0.120. The van der Waals surface area contributed by atoms with Gasteiger partial charge in [-0.3, -0.25) is 0 Å². The molecule has 2 N–H and O–H groups in total. The fourth-order valence-electron chi connectivity index (χ4n) is 4.02. The number of nitrogens with one attached hydrogen (secondary N) is 2. The van der Waals surface area contributed by atoms with Crippen molar-refractivity contribution in [1.82, 2.24) is 25.0 Å². The van der Waals surface area contributed by atoms with Crippen LogP contribution >= 0.6 is 0 Å². The zero-order valence-electron chi connectivity index (χ0n) is 20.6. The summed E-state index contributed by atoms with van der Waals surface area (Å²) in [5.74, 6) is 2.47. The lowest BCUT2D eigenvalue weighted by atomic mass is 9.93. The Balaban J connectivity index is 1.47. The van der Waals surface area contributed by atoms with E-state index in [0.717, 1.165) is 48.8 Å². The van der Waals surface area contributed by atoms with Gasteiger partial charge in [-0.15, -0.1) is 0 Å². The van der Waals surface area contributed by atoms with E-state index in [9.17, 15) is 4.39 Å². The first-order valence-corrected chi connectivity index (χ1v) is 11.7. The predicted molar refractivity (Wildman–Crippen MR) is 133 cm³/mol. The summed E-state index contributed by atoms with van der Waals surface area (Å²) in [4.78, 5) is 16.6. The second-order valence-corrected chi connectivity index (χ2v) is 10.1. The molecule has 3 aromatic heterocycles. The summed E-state index contributed by atoms with van der Waals surface area (Å²) in [6, 6.07) is 8.82. The molecule has 0 radical (unpaired) electrons. The van der Waals surface area contributed by atoms with Crippen LogP contribution in [0.25, 0.3) is 10.9 Å². The molecule has 1 saturated heterocycles. The summed E-state index contributed by atoms with van der Waals surface area (Å²) >= 11 is 0. The van der Waals surface area contributed by atoms with Crippen molar-refractivity contribution in [2.24, 2.45) is 0 Å². The van der Waals surface area contributed by atoms with Gasteiger partial charge in [0.2, 0.25) is 0 Å². The molecule has 4 aromatic rings. The average Bonchev–Trinajstić information content (AvgIpc) is 3.40. The Bertz CT molecular complexity index is 1350. The standard InChI is InChI=1S/C25H30FN7O2/c1-15-10-16-11-17(12-18(26)23(16)27-15)34-24-29-20(28-21-13-19(35-31-21)25(2,3)4)14-22(30-24)33-8-6-32(5)7-9-33/h10-14,27H,6-9H2,1-5H3,(H,28,29,30,31). The van der Waals surface area contributed by atoms with Crippen molar-refractivity contribution < 1.29 is 13.7 Å². The SMILES string of the molecule is Cc1cc2cc(Oc3nc(Nc4cc(C(C)(C)C)on4)cc(N4CCN(C)CC4)n3)cc(F)c2[nH]1. The number of anilines is 3. The first-order chi connectivity index (χ1) is 16.6. The van der Waals surface area contributed by atoms with Gasteiger partial charge in [0.05, 0.1) is 5.52 Å². The van der Waals surface area contributed by atoms with Gasteiger partial charge in [0.1, 0.15) is 23.1 Å². The summed E-state index contributed by atoms with van der Waals surface area (Å²) in [5, 5.41) is 8.06. The fraction of sp³-hybridized carbons (Fsp3) is 0.400. The molecule has 0 spiro atoms. The Kier molecular flexibility index (Phi) is 5.84. The fourth-order valence-corrected chi connectivity index (χ4v) is 4.02. The smallest absolute Gasteiger partial charge is 0.325 e. The molecule has 0 amide bonds. The second-order valence-electron chi connectivity index (χ2n) is 10.1. The highest BCUT2D eigenvalue weighted by atomic mass is 19.1. The number of hydrogen-bond acceptors (Lipinski definition) is 8. The Morgan fingerprint density at radius 3 is 2.51 bits per heavy atom. The van der Waals surface area contributed by atoms with E-state index in [2.05, 4.69) is 63.0 Å². The van der Waals surface area contributed by atoms with Crippen LogP contribution in [0.2, 0.25) is 0 Å². The number of rotatable bonds is 5. The number of nitrogens with zero attached hydrogens (tertiary/aromatic N) is 5. The van der Waals surface area contributed by atoms with Crippen LogP contribution in [-0.4, -0.2) is 58.2 Å². The molecule has 0 saturated carbocycles. The van der Waals surface area contributed by atoms with Gasteiger partial charge in [0, 0.05) is 60.9 Å². The van der Waals surface area contributed by atoms with Crippen LogP contribution in [0.5, 0.6) is 11.8 Å². The molecular formula is C25H30FN7O2. The second kappa shape index (κ2) is 8.84. The van der Waals surface area contributed by atoms with Crippen molar-refractivity contribution in [2.45, 2.75) is 33.1 Å². The Hall–Kier alpha value is -3.66. The summed E-state index contributed by atoms with van der Waals surface area (Å²) < 4.78 is 26.1. The van der Waals surface area contributed by atoms with Gasteiger partial charge in [-0.2, -0.15) is 9.97 Å². The molecule has 1 aromatic carbocycles. The number of hydrogen-bond donors (Lipinski definition) is 2. The molecule has 184 valence electrons. The number of aromatic nitrogens is 4. The number of likely N-dealkylation sites (N-methyl/N-ethyl adjacent to an activating group) is 1. The maximum absolute atomic E-state index is 14.6. The van der Waals surface area contributed by atoms with Crippen molar-refractivity contribution in [1.29, 1.82) is 0 Å². The first-order valence-electron chi connectivity index (χ1n) is 11.7. The third-order valence-corrected chi connectivity index (χ3v) is 6.02. The molecule has 1 fully saturated rings. The Morgan fingerprint density at radius 2 is 1.80 bits per heavy atom. The largest absolute Gasteiger partial charge is 0.424 e. The highest BCUT2D eigenvalue weighted by Gasteiger charge is 2.22. The van der Waals surface area contributed by atoms with E-state index in [1.54, 1.807) is 6.07 Å². The van der Waals surface area contributed by atoms with Crippen LogP contribution < -0.4 is 15.0 Å². The Labute approximate surface area is 203 Å². The van der Waals surface area contributed by atoms with Gasteiger partial charge in [0.25, 0.3) is 0 Å². The third kappa shape index (κ3) is 5.07. The number of aromatic amines is 1. The quantitative estimate of drug-likeness (QED) is 0.414. The molecule has 9 nitrogen and oxygen atoms in total. The van der Waals surface area contributed by atoms with Gasteiger partial charge in [-0.25, -0.2) is 4.39 Å². The maximum atomic E-state index is 14.6. The maximum Gasteiger partial charge on any atom is 0.325 e. The predicted octanol–water partition coefficient (Wildman–Crippen LogP) is 4.98. The van der Waals surface area contributed by atoms with Crippen molar-refractivity contribution >= 4 is 28.4 Å². The zero-order valence-corrected chi connectivity index (χ0v) is 20.6. The lowest BCUT2D eigenvalue weighted by Crippen LogP contribution is -2.44. The molecular weight excluding hydrogens is 449 g/mol. The van der Waals surface area contributed by atoms with Gasteiger partial charge in [-0.05, 0) is 26.1 Å². The van der Waals surface area contributed by atoms with E-state index in [4.69, 9.17) is 9.26 Å². The summed E-state index contributed by atoms with van der Waals surface area (Å²) in [7, 11) is 2.10. The molecule has 10 heteroatoms. The number of benzene rings is 1. The number of H-pyrrole nitrogens is 1. The summed E-state index contributed by atoms with van der Waals surface area (Å²) in [5.41, 5.74) is 1.15. The summed E-state index contributed by atoms with van der Waals surface area (Å²) in [6.45, 7) is 11.6. The van der Waals surface area contributed by atoms with Crippen LogP contribution in [0.4, 0.5) is 21.8 Å². The minimum atomic E-state index is -0.392. The average molecular weight is 480 g/mol. The molecule has 0 bridgehead atoms. The van der Waals surface area contributed by atoms with Crippen LogP contribution in [0.15, 0.2) is 34.9 Å². The number of halogens is 1. The number of fused-ring (bicyclic) bond motifs is 1. The third-order valence-electron chi connectivity index (χ3n) is 6.02. The van der Waals surface area contributed by atoms with E-state index in [0.29, 0.717) is 22.9 Å². The molecule has 1 aliphatic heterocycles. The highest BCUT2D eigenvalue weighted by Crippen LogP contribution is 2.31. The van der Waals surface area contributed by atoms with E-state index < -0.39 is 5.82 Å². The lowest BCUT2D eigenvalue weighted by Gasteiger charge is -2.33. The first kappa shape index (κ1) is 23.1. The van der Waals surface area contributed by atoms with Crippen LogP contribution in [-0.2, 0) is 5.41 Å². The van der Waals surface area contributed by atoms with Gasteiger partial charge >= 0.3 is 6.01 Å². The van der Waals surface area contributed by atoms with Crippen molar-refractivity contribution in [3.05, 3.63) is 47.6 Å². The number of aryl methyl sites for hydroxylation is 1. The molecule has 35 heavy (non-hydrogen) atoms. The van der Waals surface area contributed by atoms with Crippen molar-refractivity contribution in [3.8, 4) is 11.8 Å². The molecule has 4 heterocycles. The molecule has 0 aliphatic carbocycles. The highest BCUT2D eigenvalue weighted by molar-refractivity contribution is 5.82. The number of ether oxygens (including phenoxy) is 1. The number of piperazine rings is 1. The lowest BCUT2D eigenvalue weighted by molar-refractivity contribution is 0.311. The van der Waals surface area contributed by atoms with Gasteiger partial charge in [-0.1, -0.05) is 25.9 Å². The van der Waals surface area contributed by atoms with Crippen LogP contribution in [0, 0.1) is 12.7 Å². The van der Waals surface area contributed by atoms with E-state index in [1.807, 2.05) is 25.1 Å². The topological polar surface area (TPSA) is 95.3 Å². The molecule has 1 aliphatic rings. The monoisotopic (exact) mass is 479 g/mol. The van der Waals surface area contributed by atoms with E-state index >= 15 is 0 Å². The van der Waals surface area contributed by atoms with E-state index in [1.165, 1.54) is 6.07 Å². The van der Waals surface area contributed by atoms with Crippen molar-refractivity contribution in [2.75, 3.05) is 43.4 Å². The van der Waals surface area contributed by atoms with Gasteiger partial charge < -0.3 is 29.4 Å². The van der Waals surface area contributed by atoms with Crippen LogP contribution in [0.1, 0.15) is 32.2 Å². The summed E-state index contributed by atoms with van der Waals surface area (Å²) in [6.07, 6.45) is 0. The molecule has 0 unspecified atom stereocenters. The molecule has 5 rings (SSSR count). The van der Waals surface area contributed by atoms with E-state index in [-0.39, 0.29) is 11.4 Å². The van der Waals surface area contributed by atoms with Crippen LogP contribution in [0.3, 0.4) is 0 Å². The Morgan fingerprint density at radius 1 is 1.03 bits per heavy atom. The minimum Gasteiger partial charge on any atom is -0.424 e. The van der Waals surface area contributed by atoms with Gasteiger partial charge in [0.15, 0.2) is 11.6 Å². The van der Waals surface area contributed by atoms with Crippen molar-refractivity contribution in [3.63, 3.8) is 0 Å².